The van der Waals surface area contributed by atoms with Gasteiger partial charge in [0.25, 0.3) is 0 Å². The highest BCUT2D eigenvalue weighted by Crippen LogP contribution is 2.23. The Morgan fingerprint density at radius 1 is 1.63 bits per heavy atom. The zero-order valence-corrected chi connectivity index (χ0v) is 12.2. The number of amides is 1. The molecule has 2 N–H and O–H groups in total. The molecule has 1 unspecified atom stereocenters. The summed E-state index contributed by atoms with van der Waals surface area (Å²) < 4.78 is 0. The Kier molecular flexibility index (Phi) is 5.36. The quantitative estimate of drug-likeness (QED) is 0.775. The third kappa shape index (κ3) is 4.30. The monoisotopic (exact) mass is 282 g/mol. The van der Waals surface area contributed by atoms with Gasteiger partial charge in [0.15, 0.2) is 0 Å². The van der Waals surface area contributed by atoms with E-state index in [0.717, 1.165) is 38.9 Å². The number of aliphatic hydroxyl groups is 1. The van der Waals surface area contributed by atoms with Crippen molar-refractivity contribution in [3.05, 3.63) is 21.9 Å². The van der Waals surface area contributed by atoms with Crippen LogP contribution >= 0.6 is 11.3 Å². The Hall–Kier alpha value is -0.910. The molecule has 1 aromatic rings. The molecule has 19 heavy (non-hydrogen) atoms. The summed E-state index contributed by atoms with van der Waals surface area (Å²) in [5, 5.41) is 14.4. The van der Waals surface area contributed by atoms with Crippen molar-refractivity contribution in [1.29, 1.82) is 0 Å². The normalized spacial score (nSPS) is 16.2. The van der Waals surface area contributed by atoms with Crippen LogP contribution in [0.25, 0.3) is 0 Å². The fourth-order valence-corrected chi connectivity index (χ4v) is 3.18. The smallest absolute Gasteiger partial charge is 0.236 e. The standard InChI is InChI=1S/C14H22N2O2S/c1-11(17)3-2-6-15-9-14(18)16-7-4-13-12(10-16)5-8-19-13/h5,8,11,15,17H,2-4,6-7,9-10H2,1H3. The maximum Gasteiger partial charge on any atom is 0.236 e. The Morgan fingerprint density at radius 3 is 3.26 bits per heavy atom. The first-order valence-corrected chi connectivity index (χ1v) is 7.76. The molecule has 2 rings (SSSR count). The third-order valence-corrected chi connectivity index (χ3v) is 4.44. The largest absolute Gasteiger partial charge is 0.393 e. The van der Waals surface area contributed by atoms with E-state index in [1.807, 2.05) is 4.90 Å². The van der Waals surface area contributed by atoms with Crippen molar-refractivity contribution in [2.45, 2.75) is 38.8 Å². The molecule has 0 aromatic carbocycles. The van der Waals surface area contributed by atoms with Crippen molar-refractivity contribution in [2.75, 3.05) is 19.6 Å². The molecule has 1 aliphatic rings. The van der Waals surface area contributed by atoms with E-state index in [2.05, 4.69) is 16.8 Å². The molecule has 0 aliphatic carbocycles. The Balaban J connectivity index is 1.67. The molecule has 0 fully saturated rings. The first-order valence-electron chi connectivity index (χ1n) is 6.88. The van der Waals surface area contributed by atoms with Gasteiger partial charge in [-0.1, -0.05) is 0 Å². The summed E-state index contributed by atoms with van der Waals surface area (Å²) in [5.74, 6) is 0.175. The van der Waals surface area contributed by atoms with Gasteiger partial charge < -0.3 is 15.3 Å². The van der Waals surface area contributed by atoms with Crippen LogP contribution in [0, 0.1) is 0 Å². The second-order valence-corrected chi connectivity index (χ2v) is 6.10. The minimum absolute atomic E-state index is 0.175. The summed E-state index contributed by atoms with van der Waals surface area (Å²) in [6.07, 6.45) is 2.42. The van der Waals surface area contributed by atoms with E-state index < -0.39 is 0 Å². The summed E-state index contributed by atoms with van der Waals surface area (Å²) in [4.78, 5) is 15.4. The summed E-state index contributed by atoms with van der Waals surface area (Å²) in [7, 11) is 0. The molecule has 1 atom stereocenters. The number of carbonyl (C=O) groups excluding carboxylic acids is 1. The summed E-state index contributed by atoms with van der Waals surface area (Å²) >= 11 is 1.79. The van der Waals surface area contributed by atoms with Crippen LogP contribution in [0.1, 0.15) is 30.2 Å². The van der Waals surface area contributed by atoms with Crippen LogP contribution in [-0.4, -0.2) is 41.7 Å². The molecule has 1 amide bonds. The molecule has 5 heteroatoms. The van der Waals surface area contributed by atoms with Gasteiger partial charge in [0.2, 0.25) is 5.91 Å². The van der Waals surface area contributed by atoms with Gasteiger partial charge in [-0.3, -0.25) is 4.79 Å². The van der Waals surface area contributed by atoms with Crippen LogP contribution < -0.4 is 5.32 Å². The van der Waals surface area contributed by atoms with Gasteiger partial charge in [0.1, 0.15) is 0 Å². The van der Waals surface area contributed by atoms with Crippen LogP contribution in [0.4, 0.5) is 0 Å². The number of thiophene rings is 1. The lowest BCUT2D eigenvalue weighted by atomic mass is 10.1. The maximum atomic E-state index is 12.0. The van der Waals surface area contributed by atoms with Crippen molar-refractivity contribution in [3.8, 4) is 0 Å². The topological polar surface area (TPSA) is 52.6 Å². The minimum Gasteiger partial charge on any atom is -0.393 e. The molecule has 0 spiro atoms. The second kappa shape index (κ2) is 7.03. The Bertz CT molecular complexity index is 417. The van der Waals surface area contributed by atoms with Crippen molar-refractivity contribution in [1.82, 2.24) is 10.2 Å². The van der Waals surface area contributed by atoms with Crippen LogP contribution in [0.3, 0.4) is 0 Å². The van der Waals surface area contributed by atoms with Gasteiger partial charge in [-0.05, 0) is 49.7 Å². The van der Waals surface area contributed by atoms with Gasteiger partial charge in [-0.15, -0.1) is 11.3 Å². The number of nitrogens with one attached hydrogen (secondary N) is 1. The van der Waals surface area contributed by atoms with E-state index in [-0.39, 0.29) is 12.0 Å². The molecule has 0 saturated carbocycles. The van der Waals surface area contributed by atoms with Gasteiger partial charge in [0.05, 0.1) is 12.6 Å². The lowest BCUT2D eigenvalue weighted by Gasteiger charge is -2.27. The van der Waals surface area contributed by atoms with E-state index in [9.17, 15) is 4.79 Å². The van der Waals surface area contributed by atoms with Gasteiger partial charge >= 0.3 is 0 Å². The molecule has 2 heterocycles. The number of aliphatic hydroxyl groups excluding tert-OH is 1. The average Bonchev–Trinajstić information content (AvgIpc) is 2.84. The number of fused-ring (bicyclic) bond motifs is 1. The Morgan fingerprint density at radius 2 is 2.47 bits per heavy atom. The van der Waals surface area contributed by atoms with E-state index >= 15 is 0 Å². The molecule has 106 valence electrons. The van der Waals surface area contributed by atoms with E-state index in [1.54, 1.807) is 18.3 Å². The number of hydrogen-bond donors (Lipinski definition) is 2. The first-order chi connectivity index (χ1) is 9.16. The zero-order chi connectivity index (χ0) is 13.7. The average molecular weight is 282 g/mol. The number of hydrogen-bond acceptors (Lipinski definition) is 4. The van der Waals surface area contributed by atoms with E-state index in [4.69, 9.17) is 5.11 Å². The van der Waals surface area contributed by atoms with Crippen LogP contribution in [0.2, 0.25) is 0 Å². The molecular formula is C14H22N2O2S. The van der Waals surface area contributed by atoms with Crippen LogP contribution in [-0.2, 0) is 17.8 Å². The van der Waals surface area contributed by atoms with Crippen LogP contribution in [0.15, 0.2) is 11.4 Å². The van der Waals surface area contributed by atoms with E-state index in [1.165, 1.54) is 10.4 Å². The lowest BCUT2D eigenvalue weighted by Crippen LogP contribution is -2.41. The number of rotatable bonds is 6. The fraction of sp³-hybridized carbons (Fsp3) is 0.643. The predicted octanol–water partition coefficient (Wildman–Crippen LogP) is 1.38. The van der Waals surface area contributed by atoms with Crippen LogP contribution in [0.5, 0.6) is 0 Å². The van der Waals surface area contributed by atoms with Crippen molar-refractivity contribution in [3.63, 3.8) is 0 Å². The zero-order valence-electron chi connectivity index (χ0n) is 11.4. The van der Waals surface area contributed by atoms with E-state index in [0.29, 0.717) is 6.54 Å². The fourth-order valence-electron chi connectivity index (χ4n) is 2.29. The number of nitrogens with zero attached hydrogens (tertiary/aromatic N) is 1. The van der Waals surface area contributed by atoms with Crippen molar-refractivity contribution < 1.29 is 9.90 Å². The summed E-state index contributed by atoms with van der Waals surface area (Å²) in [6.45, 7) is 4.57. The summed E-state index contributed by atoms with van der Waals surface area (Å²) in [6, 6.07) is 2.12. The highest BCUT2D eigenvalue weighted by Gasteiger charge is 2.20. The molecule has 1 aromatic heterocycles. The molecular weight excluding hydrogens is 260 g/mol. The molecule has 4 nitrogen and oxygen atoms in total. The lowest BCUT2D eigenvalue weighted by molar-refractivity contribution is -0.131. The SMILES string of the molecule is CC(O)CCCNCC(=O)N1CCc2sccc2C1. The van der Waals surface area contributed by atoms with Crippen molar-refractivity contribution in [2.24, 2.45) is 0 Å². The van der Waals surface area contributed by atoms with Crippen molar-refractivity contribution >= 4 is 17.2 Å². The molecule has 1 aliphatic heterocycles. The number of carbonyl (C=O) groups is 1. The summed E-state index contributed by atoms with van der Waals surface area (Å²) in [5.41, 5.74) is 1.30. The minimum atomic E-state index is -0.253. The van der Waals surface area contributed by atoms with Gasteiger partial charge in [-0.25, -0.2) is 0 Å². The predicted molar refractivity (Wildman–Crippen MR) is 77.2 cm³/mol. The molecule has 0 saturated heterocycles. The maximum absolute atomic E-state index is 12.0. The highest BCUT2D eigenvalue weighted by atomic mass is 32.1. The first kappa shape index (κ1) is 14.5. The van der Waals surface area contributed by atoms with Gasteiger partial charge in [0, 0.05) is 18.0 Å². The third-order valence-electron chi connectivity index (χ3n) is 3.41. The second-order valence-electron chi connectivity index (χ2n) is 5.10. The molecule has 0 bridgehead atoms. The van der Waals surface area contributed by atoms with Gasteiger partial charge in [-0.2, -0.15) is 0 Å². The molecule has 0 radical (unpaired) electrons. The highest BCUT2D eigenvalue weighted by molar-refractivity contribution is 7.10. The Labute approximate surface area is 118 Å².